The predicted molar refractivity (Wildman–Crippen MR) is 77.2 cm³/mol. The summed E-state index contributed by atoms with van der Waals surface area (Å²) in [5.41, 5.74) is 2.22. The average Bonchev–Trinajstić information content (AvgIpc) is 3.22. The largest absolute Gasteiger partial charge is 0.328 e. The van der Waals surface area contributed by atoms with Crippen LogP contribution in [0.5, 0.6) is 0 Å². The van der Waals surface area contributed by atoms with Crippen LogP contribution in [0.2, 0.25) is 0 Å². The SMILES string of the molecule is NNC(=O)c1cn(CCn2ccnc2-c2cccs2)nn1. The van der Waals surface area contributed by atoms with Crippen molar-refractivity contribution in [1.29, 1.82) is 0 Å². The van der Waals surface area contributed by atoms with E-state index in [0.717, 1.165) is 10.7 Å². The monoisotopic (exact) mass is 303 g/mol. The zero-order valence-corrected chi connectivity index (χ0v) is 11.8. The van der Waals surface area contributed by atoms with E-state index in [0.29, 0.717) is 13.1 Å². The topological polar surface area (TPSA) is 104 Å². The predicted octanol–water partition coefficient (Wildman–Crippen LogP) is 0.507. The van der Waals surface area contributed by atoms with Gasteiger partial charge in [0.15, 0.2) is 5.69 Å². The van der Waals surface area contributed by atoms with Gasteiger partial charge in [0.1, 0.15) is 5.82 Å². The highest BCUT2D eigenvalue weighted by Gasteiger charge is 2.10. The van der Waals surface area contributed by atoms with Gasteiger partial charge in [-0.15, -0.1) is 16.4 Å². The van der Waals surface area contributed by atoms with Crippen molar-refractivity contribution in [2.75, 3.05) is 0 Å². The van der Waals surface area contributed by atoms with Gasteiger partial charge < -0.3 is 4.57 Å². The molecule has 0 bridgehead atoms. The number of aryl methyl sites for hydroxylation is 2. The van der Waals surface area contributed by atoms with Crippen LogP contribution in [0, 0.1) is 0 Å². The Hall–Kier alpha value is -2.52. The number of amides is 1. The third kappa shape index (κ3) is 2.83. The normalized spacial score (nSPS) is 10.7. The van der Waals surface area contributed by atoms with Crippen LogP contribution in [-0.4, -0.2) is 30.5 Å². The van der Waals surface area contributed by atoms with Crippen molar-refractivity contribution < 1.29 is 4.79 Å². The van der Waals surface area contributed by atoms with Gasteiger partial charge in [0.05, 0.1) is 17.6 Å². The molecule has 0 fully saturated rings. The Kier molecular flexibility index (Phi) is 3.75. The molecule has 0 aromatic carbocycles. The molecule has 0 radical (unpaired) electrons. The Morgan fingerprint density at radius 1 is 1.43 bits per heavy atom. The molecule has 3 N–H and O–H groups in total. The first-order chi connectivity index (χ1) is 10.3. The Morgan fingerprint density at radius 3 is 3.10 bits per heavy atom. The fraction of sp³-hybridized carbons (Fsp3) is 0.167. The molecule has 0 unspecified atom stereocenters. The number of carbonyl (C=O) groups excluding carboxylic acids is 1. The van der Waals surface area contributed by atoms with Gasteiger partial charge in [-0.2, -0.15) is 0 Å². The highest BCUT2D eigenvalue weighted by molar-refractivity contribution is 7.13. The van der Waals surface area contributed by atoms with E-state index in [9.17, 15) is 4.79 Å². The van der Waals surface area contributed by atoms with Gasteiger partial charge in [0, 0.05) is 18.9 Å². The van der Waals surface area contributed by atoms with Gasteiger partial charge in [0.25, 0.3) is 5.91 Å². The summed E-state index contributed by atoms with van der Waals surface area (Å²) in [4.78, 5) is 16.8. The number of aromatic nitrogens is 5. The second-order valence-electron chi connectivity index (χ2n) is 4.26. The number of nitrogens with zero attached hydrogens (tertiary/aromatic N) is 5. The van der Waals surface area contributed by atoms with Crippen LogP contribution in [0.25, 0.3) is 10.7 Å². The quantitative estimate of drug-likeness (QED) is 0.406. The highest BCUT2D eigenvalue weighted by Crippen LogP contribution is 2.22. The molecule has 0 aliphatic heterocycles. The minimum atomic E-state index is -0.455. The molecule has 3 aromatic rings. The van der Waals surface area contributed by atoms with Crippen molar-refractivity contribution in [2.24, 2.45) is 5.84 Å². The third-order valence-electron chi connectivity index (χ3n) is 2.93. The van der Waals surface area contributed by atoms with E-state index in [2.05, 4.69) is 15.3 Å². The molecular weight excluding hydrogens is 290 g/mol. The van der Waals surface area contributed by atoms with E-state index in [1.165, 1.54) is 0 Å². The van der Waals surface area contributed by atoms with Crippen molar-refractivity contribution in [3.8, 4) is 10.7 Å². The number of nitrogen functional groups attached to an aromatic ring is 1. The molecule has 0 saturated heterocycles. The van der Waals surface area contributed by atoms with Gasteiger partial charge >= 0.3 is 0 Å². The molecule has 9 heteroatoms. The van der Waals surface area contributed by atoms with Gasteiger partial charge in [0.2, 0.25) is 0 Å². The Morgan fingerprint density at radius 2 is 2.33 bits per heavy atom. The molecule has 8 nitrogen and oxygen atoms in total. The number of hydrogen-bond acceptors (Lipinski definition) is 6. The molecule has 0 saturated carbocycles. The Balaban J connectivity index is 1.70. The highest BCUT2D eigenvalue weighted by atomic mass is 32.1. The summed E-state index contributed by atoms with van der Waals surface area (Å²) >= 11 is 1.64. The third-order valence-corrected chi connectivity index (χ3v) is 3.80. The summed E-state index contributed by atoms with van der Waals surface area (Å²) < 4.78 is 3.64. The maximum absolute atomic E-state index is 11.3. The number of nitrogens with two attached hydrogens (primary N) is 1. The standard InChI is InChI=1S/C12H13N7OS/c13-15-12(20)9-8-19(17-16-9)6-5-18-4-3-14-11(18)10-2-1-7-21-10/h1-4,7-8H,5-6,13H2,(H,15,20). The first-order valence-corrected chi connectivity index (χ1v) is 7.12. The number of thiophene rings is 1. The number of rotatable bonds is 5. The van der Waals surface area contributed by atoms with Gasteiger partial charge in [-0.05, 0) is 11.4 Å². The zero-order chi connectivity index (χ0) is 14.7. The summed E-state index contributed by atoms with van der Waals surface area (Å²) in [7, 11) is 0. The van der Waals surface area contributed by atoms with E-state index < -0.39 is 5.91 Å². The molecule has 0 spiro atoms. The van der Waals surface area contributed by atoms with Crippen molar-refractivity contribution in [1.82, 2.24) is 30.0 Å². The van der Waals surface area contributed by atoms with Crippen LogP contribution in [0.3, 0.4) is 0 Å². The van der Waals surface area contributed by atoms with Crippen molar-refractivity contribution in [3.05, 3.63) is 41.8 Å². The van der Waals surface area contributed by atoms with E-state index in [4.69, 9.17) is 5.84 Å². The van der Waals surface area contributed by atoms with Crippen LogP contribution in [-0.2, 0) is 13.1 Å². The maximum Gasteiger partial charge on any atom is 0.287 e. The average molecular weight is 303 g/mol. The van der Waals surface area contributed by atoms with Crippen molar-refractivity contribution >= 4 is 17.2 Å². The van der Waals surface area contributed by atoms with Crippen LogP contribution in [0.15, 0.2) is 36.1 Å². The number of carbonyl (C=O) groups is 1. The maximum atomic E-state index is 11.3. The number of imidazole rings is 1. The fourth-order valence-corrected chi connectivity index (χ4v) is 2.65. The lowest BCUT2D eigenvalue weighted by Crippen LogP contribution is -2.30. The zero-order valence-electron chi connectivity index (χ0n) is 11.0. The Bertz CT molecular complexity index is 730. The molecule has 3 heterocycles. The number of hydrazine groups is 1. The van der Waals surface area contributed by atoms with Gasteiger partial charge in [-0.1, -0.05) is 11.3 Å². The van der Waals surface area contributed by atoms with Crippen LogP contribution in [0.4, 0.5) is 0 Å². The summed E-state index contributed by atoms with van der Waals surface area (Å²) in [6, 6.07) is 4.02. The van der Waals surface area contributed by atoms with Crippen LogP contribution < -0.4 is 11.3 Å². The van der Waals surface area contributed by atoms with E-state index in [-0.39, 0.29) is 5.69 Å². The molecule has 0 atom stereocenters. The lowest BCUT2D eigenvalue weighted by Gasteiger charge is -2.06. The Labute approximate surface area is 124 Å². The molecule has 3 rings (SSSR count). The lowest BCUT2D eigenvalue weighted by atomic mass is 10.4. The summed E-state index contributed by atoms with van der Waals surface area (Å²) in [6.45, 7) is 1.26. The minimum Gasteiger partial charge on any atom is -0.328 e. The second-order valence-corrected chi connectivity index (χ2v) is 5.21. The van der Waals surface area contributed by atoms with Crippen molar-refractivity contribution in [2.45, 2.75) is 13.1 Å². The van der Waals surface area contributed by atoms with Gasteiger partial charge in [-0.3, -0.25) is 10.2 Å². The molecule has 0 aliphatic carbocycles. The molecule has 0 aliphatic rings. The first-order valence-electron chi connectivity index (χ1n) is 6.24. The van der Waals surface area contributed by atoms with Crippen LogP contribution in [0.1, 0.15) is 10.5 Å². The first kappa shape index (κ1) is 13.5. The molecule has 21 heavy (non-hydrogen) atoms. The molecule has 1 amide bonds. The van der Waals surface area contributed by atoms with E-state index >= 15 is 0 Å². The van der Waals surface area contributed by atoms with Crippen LogP contribution >= 0.6 is 11.3 Å². The van der Waals surface area contributed by atoms with E-state index in [1.807, 2.05) is 33.7 Å². The molecule has 108 valence electrons. The smallest absolute Gasteiger partial charge is 0.287 e. The fourth-order valence-electron chi connectivity index (χ4n) is 1.92. The van der Waals surface area contributed by atoms with Gasteiger partial charge in [-0.25, -0.2) is 15.5 Å². The van der Waals surface area contributed by atoms with E-state index in [1.54, 1.807) is 28.4 Å². The summed E-state index contributed by atoms with van der Waals surface area (Å²) in [5.74, 6) is 5.52. The second kappa shape index (κ2) is 5.85. The summed E-state index contributed by atoms with van der Waals surface area (Å²) in [5, 5.41) is 9.67. The summed E-state index contributed by atoms with van der Waals surface area (Å²) in [6.07, 6.45) is 5.24. The molecule has 3 aromatic heterocycles. The number of hydrogen-bond donors (Lipinski definition) is 2. The minimum absolute atomic E-state index is 0.196. The lowest BCUT2D eigenvalue weighted by molar-refractivity contribution is 0.0948. The van der Waals surface area contributed by atoms with Crippen molar-refractivity contribution in [3.63, 3.8) is 0 Å². The molecular formula is C12H13N7OS. The number of nitrogens with one attached hydrogen (secondary N) is 1.